The van der Waals surface area contributed by atoms with Gasteiger partial charge in [-0.1, -0.05) is 27.5 Å². The molecule has 1 aromatic carbocycles. The summed E-state index contributed by atoms with van der Waals surface area (Å²) < 4.78 is 13.0. The zero-order valence-corrected chi connectivity index (χ0v) is 8.23. The van der Waals surface area contributed by atoms with Gasteiger partial charge in [0.25, 0.3) is 0 Å². The Labute approximate surface area is 82.9 Å². The number of nitriles is 1. The topological polar surface area (TPSA) is 23.8 Å². The summed E-state index contributed by atoms with van der Waals surface area (Å²) in [5.74, 6) is -0.428. The molecule has 1 unspecified atom stereocenters. The van der Waals surface area contributed by atoms with Crippen LogP contribution in [-0.2, 0) is 0 Å². The lowest BCUT2D eigenvalue weighted by Gasteiger charge is -2.02. The normalized spacial score (nSPS) is 12.2. The number of alkyl halides is 1. The molecule has 0 saturated carbocycles. The molecule has 0 amide bonds. The Kier molecular flexibility index (Phi) is 3.07. The second-order valence-electron chi connectivity index (χ2n) is 2.16. The predicted octanol–water partition coefficient (Wildman–Crippen LogP) is 3.44. The van der Waals surface area contributed by atoms with Gasteiger partial charge in [0.1, 0.15) is 10.6 Å². The Hall–Kier alpha value is -0.590. The zero-order valence-electron chi connectivity index (χ0n) is 5.89. The largest absolute Gasteiger partial charge is 0.207 e. The first-order valence-corrected chi connectivity index (χ1v) is 4.43. The van der Waals surface area contributed by atoms with Crippen LogP contribution in [0, 0.1) is 17.1 Å². The highest BCUT2D eigenvalue weighted by molar-refractivity contribution is 9.09. The first kappa shape index (κ1) is 9.50. The molecule has 0 aliphatic rings. The van der Waals surface area contributed by atoms with Crippen LogP contribution in [0.1, 0.15) is 10.4 Å². The van der Waals surface area contributed by atoms with Gasteiger partial charge in [-0.25, -0.2) is 4.39 Å². The molecule has 1 atom stereocenters. The van der Waals surface area contributed by atoms with Crippen molar-refractivity contribution in [3.63, 3.8) is 0 Å². The van der Waals surface area contributed by atoms with Crippen molar-refractivity contribution in [3.05, 3.63) is 34.6 Å². The summed E-state index contributed by atoms with van der Waals surface area (Å²) in [4.78, 5) is -0.642. The highest BCUT2D eigenvalue weighted by Gasteiger charge is 2.11. The molecule has 62 valence electrons. The van der Waals surface area contributed by atoms with Crippen molar-refractivity contribution in [2.75, 3.05) is 0 Å². The van der Waals surface area contributed by atoms with E-state index < -0.39 is 10.6 Å². The average Bonchev–Trinajstić information content (AvgIpc) is 2.08. The lowest BCUT2D eigenvalue weighted by molar-refractivity contribution is 0.615. The average molecular weight is 248 g/mol. The predicted molar refractivity (Wildman–Crippen MR) is 48.7 cm³/mol. The molecule has 0 N–H and O–H groups in total. The molecular weight excluding hydrogens is 244 g/mol. The van der Waals surface area contributed by atoms with E-state index in [4.69, 9.17) is 16.9 Å². The molecule has 0 fully saturated rings. The molecule has 0 heterocycles. The Morgan fingerprint density at radius 1 is 1.58 bits per heavy atom. The Morgan fingerprint density at radius 2 is 2.25 bits per heavy atom. The second-order valence-corrected chi connectivity index (χ2v) is 3.51. The minimum atomic E-state index is -0.642. The molecule has 4 heteroatoms. The first-order valence-electron chi connectivity index (χ1n) is 3.14. The Bertz CT molecular complexity index is 334. The minimum absolute atomic E-state index is 0.269. The van der Waals surface area contributed by atoms with Crippen LogP contribution in [0.2, 0.25) is 5.02 Å². The van der Waals surface area contributed by atoms with E-state index in [0.717, 1.165) is 0 Å². The zero-order chi connectivity index (χ0) is 9.14. The maximum absolute atomic E-state index is 13.0. The van der Waals surface area contributed by atoms with Crippen molar-refractivity contribution >= 4 is 27.5 Å². The summed E-state index contributed by atoms with van der Waals surface area (Å²) in [5.41, 5.74) is 0.269. The van der Waals surface area contributed by atoms with Gasteiger partial charge in [-0.2, -0.15) is 5.26 Å². The van der Waals surface area contributed by atoms with Gasteiger partial charge < -0.3 is 0 Å². The van der Waals surface area contributed by atoms with E-state index in [9.17, 15) is 4.39 Å². The quantitative estimate of drug-likeness (QED) is 0.699. The number of nitrogens with zero attached hydrogens (tertiary/aromatic N) is 1. The van der Waals surface area contributed by atoms with Crippen LogP contribution in [0.15, 0.2) is 18.2 Å². The van der Waals surface area contributed by atoms with Crippen molar-refractivity contribution < 1.29 is 4.39 Å². The molecule has 0 spiro atoms. The van der Waals surface area contributed by atoms with E-state index in [1.54, 1.807) is 0 Å². The van der Waals surface area contributed by atoms with Gasteiger partial charge in [-0.3, -0.25) is 0 Å². The third-order valence-corrected chi connectivity index (χ3v) is 2.28. The molecular formula is C8H4BrClFN. The van der Waals surface area contributed by atoms with E-state index in [1.807, 2.05) is 6.07 Å². The summed E-state index contributed by atoms with van der Waals surface area (Å²) in [5, 5.41) is 8.92. The summed E-state index contributed by atoms with van der Waals surface area (Å²) in [7, 11) is 0. The van der Waals surface area contributed by atoms with Gasteiger partial charge in [0, 0.05) is 10.6 Å². The molecule has 1 aromatic rings. The molecule has 0 saturated heterocycles. The van der Waals surface area contributed by atoms with Crippen LogP contribution in [0.5, 0.6) is 0 Å². The fourth-order valence-electron chi connectivity index (χ4n) is 0.778. The summed E-state index contributed by atoms with van der Waals surface area (Å²) in [6.07, 6.45) is 0. The van der Waals surface area contributed by atoms with Gasteiger partial charge in [0.15, 0.2) is 0 Å². The Morgan fingerprint density at radius 3 is 2.83 bits per heavy atom. The second kappa shape index (κ2) is 3.88. The van der Waals surface area contributed by atoms with Crippen molar-refractivity contribution in [2.45, 2.75) is 4.83 Å². The highest BCUT2D eigenvalue weighted by Crippen LogP contribution is 2.26. The third kappa shape index (κ3) is 1.96. The van der Waals surface area contributed by atoms with Crippen molar-refractivity contribution in [3.8, 4) is 6.07 Å². The van der Waals surface area contributed by atoms with Crippen LogP contribution < -0.4 is 0 Å². The van der Waals surface area contributed by atoms with Crippen LogP contribution in [0.4, 0.5) is 4.39 Å². The SMILES string of the molecule is N#CC(Br)c1cc(Cl)ccc1F. The Balaban J connectivity index is 3.15. The van der Waals surface area contributed by atoms with Crippen LogP contribution in [0.25, 0.3) is 0 Å². The van der Waals surface area contributed by atoms with Crippen molar-refractivity contribution in [1.29, 1.82) is 5.26 Å². The number of hydrogen-bond donors (Lipinski definition) is 0. The smallest absolute Gasteiger partial charge is 0.129 e. The highest BCUT2D eigenvalue weighted by atomic mass is 79.9. The number of rotatable bonds is 1. The van der Waals surface area contributed by atoms with Crippen LogP contribution >= 0.6 is 27.5 Å². The van der Waals surface area contributed by atoms with Gasteiger partial charge in [0.05, 0.1) is 6.07 Å². The summed E-state index contributed by atoms with van der Waals surface area (Å²) in [6.45, 7) is 0. The van der Waals surface area contributed by atoms with E-state index in [0.29, 0.717) is 5.02 Å². The molecule has 12 heavy (non-hydrogen) atoms. The lowest BCUT2D eigenvalue weighted by atomic mass is 10.1. The number of benzene rings is 1. The van der Waals surface area contributed by atoms with Gasteiger partial charge in [0.2, 0.25) is 0 Å². The van der Waals surface area contributed by atoms with Crippen molar-refractivity contribution in [2.24, 2.45) is 0 Å². The maximum Gasteiger partial charge on any atom is 0.129 e. The molecule has 1 rings (SSSR count). The summed E-state index contributed by atoms with van der Waals surface area (Å²) in [6, 6.07) is 5.98. The number of halogens is 3. The van der Waals surface area contributed by atoms with E-state index in [-0.39, 0.29) is 5.56 Å². The molecule has 0 radical (unpaired) electrons. The molecule has 0 bridgehead atoms. The van der Waals surface area contributed by atoms with Crippen LogP contribution in [-0.4, -0.2) is 0 Å². The van der Waals surface area contributed by atoms with Gasteiger partial charge in [-0.05, 0) is 18.2 Å². The maximum atomic E-state index is 13.0. The fraction of sp³-hybridized carbons (Fsp3) is 0.125. The molecule has 0 aromatic heterocycles. The standard InChI is InChI=1S/C8H4BrClFN/c9-7(4-12)6-3-5(10)1-2-8(6)11/h1-3,7H. The van der Waals surface area contributed by atoms with E-state index >= 15 is 0 Å². The lowest BCUT2D eigenvalue weighted by Crippen LogP contribution is -1.90. The molecule has 1 nitrogen and oxygen atoms in total. The van der Waals surface area contributed by atoms with Gasteiger partial charge in [-0.15, -0.1) is 0 Å². The van der Waals surface area contributed by atoms with Crippen molar-refractivity contribution in [1.82, 2.24) is 0 Å². The summed E-state index contributed by atoms with van der Waals surface area (Å²) >= 11 is 8.63. The monoisotopic (exact) mass is 247 g/mol. The minimum Gasteiger partial charge on any atom is -0.207 e. The molecule has 0 aliphatic heterocycles. The van der Waals surface area contributed by atoms with Crippen LogP contribution in [0.3, 0.4) is 0 Å². The first-order chi connectivity index (χ1) is 5.65. The van der Waals surface area contributed by atoms with E-state index in [1.165, 1.54) is 18.2 Å². The van der Waals surface area contributed by atoms with Gasteiger partial charge >= 0.3 is 0 Å². The number of hydrogen-bond acceptors (Lipinski definition) is 1. The van der Waals surface area contributed by atoms with E-state index in [2.05, 4.69) is 15.9 Å². The fourth-order valence-corrected chi connectivity index (χ4v) is 1.31. The molecule has 0 aliphatic carbocycles. The third-order valence-electron chi connectivity index (χ3n) is 1.34.